The van der Waals surface area contributed by atoms with Crippen LogP contribution in [-0.4, -0.2) is 0 Å². The lowest BCUT2D eigenvalue weighted by atomic mass is 9.80. The lowest BCUT2D eigenvalue weighted by Crippen LogP contribution is -2.15. The molecule has 0 amide bonds. The number of benzene rings is 9. The largest absolute Gasteiger partial charge is 0.0683 e. The minimum atomic E-state index is 0.0901. The summed E-state index contributed by atoms with van der Waals surface area (Å²) in [6, 6.07) is 66.2. The topological polar surface area (TPSA) is 0 Å². The Morgan fingerprint density at radius 2 is 0.600 bits per heavy atom. The Balaban J connectivity index is 0.000000210. The molecule has 75 heavy (non-hydrogen) atoms. The summed E-state index contributed by atoms with van der Waals surface area (Å²) in [5, 5.41) is 8.09. The molecule has 0 unspecified atom stereocenters. The van der Waals surface area contributed by atoms with Crippen LogP contribution >= 0.6 is 0 Å². The first-order chi connectivity index (χ1) is 36.3. The van der Waals surface area contributed by atoms with Gasteiger partial charge in [-0.05, 0) is 111 Å². The molecule has 0 saturated carbocycles. The van der Waals surface area contributed by atoms with E-state index in [1.54, 1.807) is 0 Å². The summed E-state index contributed by atoms with van der Waals surface area (Å²) in [5.41, 5.74) is 17.5. The fourth-order valence-electron chi connectivity index (χ4n) is 10.4. The van der Waals surface area contributed by atoms with Gasteiger partial charge >= 0.3 is 0 Å². The van der Waals surface area contributed by atoms with Gasteiger partial charge in [0.1, 0.15) is 0 Å². The zero-order chi connectivity index (χ0) is 55.3. The van der Waals surface area contributed by atoms with Gasteiger partial charge in [-0.3, -0.25) is 0 Å². The third-order valence-electron chi connectivity index (χ3n) is 14.9. The van der Waals surface area contributed by atoms with E-state index in [4.69, 9.17) is 0 Å². The summed E-state index contributed by atoms with van der Waals surface area (Å²) in [5.74, 6) is 0. The van der Waals surface area contributed by atoms with Crippen LogP contribution < -0.4 is 0 Å². The molecule has 0 atom stereocenters. The van der Waals surface area contributed by atoms with Crippen molar-refractivity contribution in [3.8, 4) is 33.4 Å². The maximum atomic E-state index is 2.37. The third kappa shape index (κ3) is 13.2. The minimum Gasteiger partial charge on any atom is -0.0683 e. The van der Waals surface area contributed by atoms with Gasteiger partial charge in [0.2, 0.25) is 0 Å². The smallest absolute Gasteiger partial charge is 0.0165 e. The van der Waals surface area contributed by atoms with Gasteiger partial charge in [-0.2, -0.15) is 0 Å². The van der Waals surface area contributed by atoms with Crippen LogP contribution in [0.1, 0.15) is 197 Å². The van der Waals surface area contributed by atoms with Crippen LogP contribution in [0.5, 0.6) is 0 Å². The fourth-order valence-corrected chi connectivity index (χ4v) is 10.4. The Kier molecular flexibility index (Phi) is 23.8. The van der Waals surface area contributed by atoms with E-state index in [0.29, 0.717) is 0 Å². The molecule has 0 fully saturated rings. The van der Waals surface area contributed by atoms with Gasteiger partial charge in [-0.15, -0.1) is 0 Å². The standard InChI is InChI=1S/3C19H16.3C4H10.3C2H6/c1-19(2)17-10-6-5-9-15(17)16-11-13-7-3-4-8-14(13)12-18(16)19;1-19(2)17-10-6-5-9-15(17)16-12-11-13-7-3-4-8-14(13)18(16)19;1-19(2)16-10-6-5-9-15(16)18-14-8-4-3-7-13(14)11-12-17(18)19;3*1-3-4-2;3*1-2/h3*3-12H,1-2H3;3*3-4H2,1-2H3;3*1-2H3. The second-order valence-corrected chi connectivity index (χ2v) is 20.7. The first kappa shape index (κ1) is 61.3. The SMILES string of the molecule is CC.CC.CC.CC1(C)c2ccccc2-c2c1ccc1ccccc21.CC1(C)c2ccccc2-c2cc3ccccc3cc21.CC1(C)c2ccccc2-c2ccc3ccccc3c21.CCCC.CCCC.CCCC. The van der Waals surface area contributed by atoms with Crippen LogP contribution in [0.3, 0.4) is 0 Å². The molecule has 9 aromatic carbocycles. The highest BCUT2D eigenvalue weighted by Gasteiger charge is 2.38. The molecule has 0 radical (unpaired) electrons. The van der Waals surface area contributed by atoms with Crippen LogP contribution in [0.4, 0.5) is 0 Å². The Bertz CT molecular complexity index is 3110. The van der Waals surface area contributed by atoms with E-state index in [0.717, 1.165) is 0 Å². The summed E-state index contributed by atoms with van der Waals surface area (Å²) < 4.78 is 0. The Morgan fingerprint density at radius 3 is 1.11 bits per heavy atom. The molecule has 0 bridgehead atoms. The highest BCUT2D eigenvalue weighted by Crippen LogP contribution is 2.53. The quantitative estimate of drug-likeness (QED) is 0.165. The summed E-state index contributed by atoms with van der Waals surface area (Å²) in [6.45, 7) is 39.1. The minimum absolute atomic E-state index is 0.0901. The van der Waals surface area contributed by atoms with Gasteiger partial charge in [0.15, 0.2) is 0 Å². The summed E-state index contributed by atoms with van der Waals surface area (Å²) in [7, 11) is 0. The molecule has 12 rings (SSSR count). The zero-order valence-corrected chi connectivity index (χ0v) is 50.1. The molecular weight excluding hydrogens is 901 g/mol. The van der Waals surface area contributed by atoms with Gasteiger partial charge in [0, 0.05) is 16.2 Å². The number of hydrogen-bond acceptors (Lipinski definition) is 0. The average molecular weight is 998 g/mol. The van der Waals surface area contributed by atoms with Crippen molar-refractivity contribution in [2.24, 2.45) is 0 Å². The van der Waals surface area contributed by atoms with Crippen LogP contribution in [0.15, 0.2) is 182 Å². The van der Waals surface area contributed by atoms with Crippen molar-refractivity contribution >= 4 is 32.3 Å². The van der Waals surface area contributed by atoms with Gasteiger partial charge in [0.05, 0.1) is 0 Å². The molecule has 0 saturated heterocycles. The van der Waals surface area contributed by atoms with Gasteiger partial charge in [-0.25, -0.2) is 0 Å². The second-order valence-electron chi connectivity index (χ2n) is 20.7. The molecule has 3 aliphatic rings. The van der Waals surface area contributed by atoms with E-state index in [9.17, 15) is 0 Å². The van der Waals surface area contributed by atoms with Crippen molar-refractivity contribution in [3.63, 3.8) is 0 Å². The highest BCUT2D eigenvalue weighted by atomic mass is 14.4. The van der Waals surface area contributed by atoms with E-state index in [1.165, 1.54) is 138 Å². The van der Waals surface area contributed by atoms with E-state index in [1.807, 2.05) is 41.5 Å². The molecule has 0 heteroatoms. The van der Waals surface area contributed by atoms with E-state index in [2.05, 4.69) is 265 Å². The molecule has 0 heterocycles. The Labute approximate surface area is 458 Å². The first-order valence-electron chi connectivity index (χ1n) is 29.2. The monoisotopic (exact) mass is 997 g/mol. The van der Waals surface area contributed by atoms with Crippen LogP contribution in [0, 0.1) is 0 Å². The molecule has 0 nitrogen and oxygen atoms in total. The van der Waals surface area contributed by atoms with Crippen molar-refractivity contribution < 1.29 is 0 Å². The number of fused-ring (bicyclic) bond motifs is 14. The molecule has 396 valence electrons. The highest BCUT2D eigenvalue weighted by molar-refractivity contribution is 6.02. The van der Waals surface area contributed by atoms with E-state index >= 15 is 0 Å². The number of hydrogen-bond donors (Lipinski definition) is 0. The Morgan fingerprint density at radius 1 is 0.253 bits per heavy atom. The van der Waals surface area contributed by atoms with Crippen LogP contribution in [0.2, 0.25) is 0 Å². The average Bonchev–Trinajstić information content (AvgIpc) is 3.96. The van der Waals surface area contributed by atoms with Crippen LogP contribution in [-0.2, 0) is 16.2 Å². The molecule has 0 aromatic heterocycles. The van der Waals surface area contributed by atoms with E-state index < -0.39 is 0 Å². The predicted octanol–water partition coefficient (Wildman–Crippen LogP) is 23.9. The van der Waals surface area contributed by atoms with Gasteiger partial charge in [-0.1, -0.05) is 333 Å². The lowest BCUT2D eigenvalue weighted by Gasteiger charge is -2.23. The molecule has 0 spiro atoms. The van der Waals surface area contributed by atoms with Crippen molar-refractivity contribution in [1.29, 1.82) is 0 Å². The van der Waals surface area contributed by atoms with Crippen molar-refractivity contribution in [3.05, 3.63) is 215 Å². The van der Waals surface area contributed by atoms with Gasteiger partial charge in [0.25, 0.3) is 0 Å². The lowest BCUT2D eigenvalue weighted by molar-refractivity contribution is 0.661. The zero-order valence-electron chi connectivity index (χ0n) is 50.1. The maximum Gasteiger partial charge on any atom is 0.0165 e. The first-order valence-corrected chi connectivity index (χ1v) is 29.2. The molecular formula is C75H96. The third-order valence-corrected chi connectivity index (χ3v) is 14.9. The van der Waals surface area contributed by atoms with E-state index in [-0.39, 0.29) is 16.2 Å². The molecule has 0 aliphatic heterocycles. The fraction of sp³-hybridized carbons (Fsp3) is 0.360. The predicted molar refractivity (Wildman–Crippen MR) is 340 cm³/mol. The van der Waals surface area contributed by atoms with Gasteiger partial charge < -0.3 is 0 Å². The Hall–Kier alpha value is -6.24. The number of unbranched alkanes of at least 4 members (excludes halogenated alkanes) is 3. The summed E-state index contributed by atoms with van der Waals surface area (Å²) in [6.07, 6.45) is 7.92. The van der Waals surface area contributed by atoms with Crippen molar-refractivity contribution in [2.45, 2.75) is 179 Å². The summed E-state index contributed by atoms with van der Waals surface area (Å²) in [4.78, 5) is 0. The van der Waals surface area contributed by atoms with Crippen molar-refractivity contribution in [1.82, 2.24) is 0 Å². The van der Waals surface area contributed by atoms with Crippen LogP contribution in [0.25, 0.3) is 65.7 Å². The number of rotatable bonds is 3. The van der Waals surface area contributed by atoms with Crippen molar-refractivity contribution in [2.75, 3.05) is 0 Å². The molecule has 0 N–H and O–H groups in total. The maximum absolute atomic E-state index is 2.37. The molecule has 3 aliphatic carbocycles. The molecule has 9 aromatic rings. The normalized spacial score (nSPS) is 13.0. The second kappa shape index (κ2) is 29.2. The summed E-state index contributed by atoms with van der Waals surface area (Å²) >= 11 is 0.